The average Bonchev–Trinajstić information content (AvgIpc) is 2.77. The van der Waals surface area contributed by atoms with E-state index >= 15 is 0 Å². The van der Waals surface area contributed by atoms with Crippen molar-refractivity contribution in [1.29, 1.82) is 0 Å². The zero-order valence-corrected chi connectivity index (χ0v) is 18.6. The standard InChI is InChI=1S/C25H19F6NO4/c26-24(27,28)17-10-14(11-18(13-17)25(29,30)31)9-16-6-5-15-12-19(7-8-20(15)23(16)36)32-21(33)3-1-2-4-22(34)35/h9-13H,1-6H2,(H,32,33)(H,34,35)/b16-9+. The fourth-order valence-electron chi connectivity index (χ4n) is 3.68. The number of carboxylic acid groups (broad SMARTS) is 1. The molecule has 1 fully saturated rings. The Hall–Kier alpha value is -3.81. The van der Waals surface area contributed by atoms with Crippen LogP contribution in [0.3, 0.4) is 0 Å². The first kappa shape index (κ1) is 26.8. The number of fused-ring (bicyclic) bond motifs is 1. The predicted molar refractivity (Wildman–Crippen MR) is 115 cm³/mol. The Labute approximate surface area is 201 Å². The molecular weight excluding hydrogens is 492 g/mol. The maximum absolute atomic E-state index is 13.1. The van der Waals surface area contributed by atoms with E-state index in [0.29, 0.717) is 30.5 Å². The van der Waals surface area contributed by atoms with Gasteiger partial charge in [0.25, 0.3) is 0 Å². The summed E-state index contributed by atoms with van der Waals surface area (Å²) in [5, 5.41) is 11.2. The molecule has 2 aliphatic carbocycles. The number of benzene rings is 1. The maximum atomic E-state index is 13.1. The highest BCUT2D eigenvalue weighted by atomic mass is 19.4. The quantitative estimate of drug-likeness (QED) is 0.212. The van der Waals surface area contributed by atoms with E-state index in [4.69, 9.17) is 5.11 Å². The molecule has 0 saturated heterocycles. The summed E-state index contributed by atoms with van der Waals surface area (Å²) >= 11 is 0. The molecule has 190 valence electrons. The van der Waals surface area contributed by atoms with Crippen molar-refractivity contribution < 1.29 is 45.8 Å². The lowest BCUT2D eigenvalue weighted by atomic mass is 9.83. The molecule has 2 N–H and O–H groups in total. The molecule has 36 heavy (non-hydrogen) atoms. The van der Waals surface area contributed by atoms with Crippen LogP contribution in [-0.2, 0) is 26.7 Å². The number of hydrogen-bond acceptors (Lipinski definition) is 3. The van der Waals surface area contributed by atoms with E-state index < -0.39 is 40.8 Å². The molecule has 0 aliphatic heterocycles. The highest BCUT2D eigenvalue weighted by Gasteiger charge is 2.37. The topological polar surface area (TPSA) is 83.5 Å². The van der Waals surface area contributed by atoms with Gasteiger partial charge in [0, 0.05) is 18.4 Å². The highest BCUT2D eigenvalue weighted by molar-refractivity contribution is 6.14. The van der Waals surface area contributed by atoms with E-state index in [2.05, 4.69) is 16.8 Å². The number of carbonyl (C=O) groups excluding carboxylic acids is 2. The molecule has 0 atom stereocenters. The number of amides is 1. The smallest absolute Gasteiger partial charge is 0.416 e. The van der Waals surface area contributed by atoms with Crippen molar-refractivity contribution >= 4 is 23.7 Å². The molecule has 0 bridgehead atoms. The van der Waals surface area contributed by atoms with Crippen LogP contribution in [0.4, 0.5) is 26.3 Å². The Bertz CT molecular complexity index is 1240. The van der Waals surface area contributed by atoms with Crippen LogP contribution in [0.2, 0.25) is 0 Å². The Morgan fingerprint density at radius 3 is 2.14 bits per heavy atom. The molecule has 1 aromatic carbocycles. The van der Waals surface area contributed by atoms with Gasteiger partial charge in [-0.15, -0.1) is 0 Å². The van der Waals surface area contributed by atoms with Crippen molar-refractivity contribution in [2.45, 2.75) is 50.9 Å². The first-order valence-corrected chi connectivity index (χ1v) is 10.8. The van der Waals surface area contributed by atoms with E-state index in [1.807, 2.05) is 0 Å². The molecule has 0 aromatic heterocycles. The zero-order valence-electron chi connectivity index (χ0n) is 18.6. The van der Waals surface area contributed by atoms with E-state index in [0.717, 1.165) is 6.08 Å². The van der Waals surface area contributed by atoms with Crippen LogP contribution in [0.5, 0.6) is 0 Å². The third-order valence-electron chi connectivity index (χ3n) is 5.41. The summed E-state index contributed by atoms with van der Waals surface area (Å²) in [7, 11) is 0. The number of halogens is 6. The molecule has 0 heterocycles. The number of nitrogens with one attached hydrogen (secondary N) is 1. The number of alkyl halides is 6. The molecule has 2 aliphatic rings. The second-order valence-corrected chi connectivity index (χ2v) is 8.20. The predicted octanol–water partition coefficient (Wildman–Crippen LogP) is 5.74. The van der Waals surface area contributed by atoms with Gasteiger partial charge in [-0.1, -0.05) is 5.73 Å². The van der Waals surface area contributed by atoms with E-state index in [1.165, 1.54) is 6.08 Å². The minimum atomic E-state index is -5.00. The number of carboxylic acids is 1. The van der Waals surface area contributed by atoms with Crippen molar-refractivity contribution in [2.24, 2.45) is 0 Å². The van der Waals surface area contributed by atoms with Gasteiger partial charge in [-0.05, 0) is 72.9 Å². The molecule has 0 unspecified atom stereocenters. The van der Waals surface area contributed by atoms with Crippen molar-refractivity contribution in [3.63, 3.8) is 0 Å². The van der Waals surface area contributed by atoms with Crippen LogP contribution >= 0.6 is 0 Å². The van der Waals surface area contributed by atoms with Crippen LogP contribution in [0.1, 0.15) is 55.2 Å². The third kappa shape index (κ3) is 6.87. The average molecular weight is 511 g/mol. The first-order valence-electron chi connectivity index (χ1n) is 10.8. The van der Waals surface area contributed by atoms with E-state index in [-0.39, 0.29) is 54.5 Å². The lowest BCUT2D eigenvalue weighted by Crippen LogP contribution is -2.23. The van der Waals surface area contributed by atoms with Crippen LogP contribution in [0.15, 0.2) is 58.2 Å². The van der Waals surface area contributed by atoms with Gasteiger partial charge in [-0.25, -0.2) is 0 Å². The molecule has 5 nitrogen and oxygen atoms in total. The van der Waals surface area contributed by atoms with Crippen molar-refractivity contribution in [3.8, 4) is 0 Å². The second kappa shape index (κ2) is 10.4. The number of carbonyl (C=O) groups is 3. The zero-order chi connectivity index (χ0) is 26.7. The summed E-state index contributed by atoms with van der Waals surface area (Å²) in [5.41, 5.74) is 2.70. The number of hydrogen-bond donors (Lipinski definition) is 2. The van der Waals surface area contributed by atoms with Crippen molar-refractivity contribution in [1.82, 2.24) is 5.32 Å². The van der Waals surface area contributed by atoms with Crippen molar-refractivity contribution in [3.05, 3.63) is 74.8 Å². The van der Waals surface area contributed by atoms with Gasteiger partial charge in [0.2, 0.25) is 5.91 Å². The van der Waals surface area contributed by atoms with Crippen LogP contribution < -0.4 is 5.32 Å². The molecule has 1 aromatic rings. The second-order valence-electron chi connectivity index (χ2n) is 8.20. The number of Topliss-reactive ketones (excluding diaryl/α,β-unsaturated/α-hetero) is 1. The number of rotatable bonds is 7. The molecule has 11 heteroatoms. The number of aliphatic carboxylic acids is 1. The Morgan fingerprint density at radius 2 is 1.56 bits per heavy atom. The Morgan fingerprint density at radius 1 is 0.944 bits per heavy atom. The minimum absolute atomic E-state index is 0.0186. The first-order chi connectivity index (χ1) is 16.7. The van der Waals surface area contributed by atoms with Gasteiger partial charge in [0.05, 0.1) is 22.4 Å². The fourth-order valence-corrected chi connectivity index (χ4v) is 3.68. The molecular formula is C25H19F6NO4. The van der Waals surface area contributed by atoms with Gasteiger partial charge >= 0.3 is 18.3 Å². The third-order valence-corrected chi connectivity index (χ3v) is 5.41. The van der Waals surface area contributed by atoms with E-state index in [1.54, 1.807) is 0 Å². The summed E-state index contributed by atoms with van der Waals surface area (Å²) < 4.78 is 78.7. The largest absolute Gasteiger partial charge is 0.481 e. The summed E-state index contributed by atoms with van der Waals surface area (Å²) in [4.78, 5) is 35.4. The van der Waals surface area contributed by atoms with Crippen LogP contribution in [0, 0.1) is 0 Å². The Kier molecular flexibility index (Phi) is 7.77. The lowest BCUT2D eigenvalue weighted by molar-refractivity contribution is -0.143. The molecule has 0 radical (unpaired) electrons. The van der Waals surface area contributed by atoms with Crippen LogP contribution in [-0.4, -0.2) is 22.8 Å². The highest BCUT2D eigenvalue weighted by Crippen LogP contribution is 2.38. The molecule has 1 saturated carbocycles. The SMILES string of the molecule is O=C(O)CCCCC(=O)NC1=C=C=C2C(=O)/C(=C/c3cc(C(F)(F)F)cc(C(F)(F)F)c3)CCC2=C1. The molecule has 3 rings (SSSR count). The maximum Gasteiger partial charge on any atom is 0.416 e. The summed E-state index contributed by atoms with van der Waals surface area (Å²) in [6.45, 7) is 0. The monoisotopic (exact) mass is 511 g/mol. The van der Waals surface area contributed by atoms with E-state index in [9.17, 15) is 40.7 Å². The summed E-state index contributed by atoms with van der Waals surface area (Å²) in [5.74, 6) is -1.94. The number of allylic oxidation sites excluding steroid dienone is 4. The fraction of sp³-hybridized carbons (Fsp3) is 0.320. The number of ketones is 1. The van der Waals surface area contributed by atoms with Gasteiger partial charge in [0.1, 0.15) is 0 Å². The number of unbranched alkanes of at least 4 members (excludes halogenated alkanes) is 1. The van der Waals surface area contributed by atoms with Gasteiger partial charge < -0.3 is 10.4 Å². The minimum Gasteiger partial charge on any atom is -0.481 e. The normalized spacial score (nSPS) is 16.8. The van der Waals surface area contributed by atoms with Gasteiger partial charge in [0.15, 0.2) is 5.78 Å². The molecule has 0 spiro atoms. The van der Waals surface area contributed by atoms with Gasteiger partial charge in [-0.2, -0.15) is 26.3 Å². The Balaban J connectivity index is 1.83. The summed E-state index contributed by atoms with van der Waals surface area (Å²) in [6, 6.07) is 1.12. The molecule has 1 amide bonds. The van der Waals surface area contributed by atoms with Crippen molar-refractivity contribution in [2.75, 3.05) is 0 Å². The lowest BCUT2D eigenvalue weighted by Gasteiger charge is -2.20. The summed E-state index contributed by atoms with van der Waals surface area (Å²) in [6.07, 6.45) is -6.46. The van der Waals surface area contributed by atoms with Gasteiger partial charge in [-0.3, -0.25) is 14.4 Å². The van der Waals surface area contributed by atoms with Crippen LogP contribution in [0.25, 0.3) is 6.08 Å².